The molecule has 1 rings (SSSR count). The van der Waals surface area contributed by atoms with E-state index in [4.69, 9.17) is 0 Å². The first-order valence-corrected chi connectivity index (χ1v) is 6.26. The fraction of sp³-hybridized carbons (Fsp3) is 0.500. The molecule has 16 heavy (non-hydrogen) atoms. The molecule has 0 bridgehead atoms. The lowest BCUT2D eigenvalue weighted by Gasteiger charge is -2.16. The lowest BCUT2D eigenvalue weighted by Crippen LogP contribution is -2.19. The van der Waals surface area contributed by atoms with Gasteiger partial charge in [-0.05, 0) is 41.9 Å². The molecule has 0 saturated heterocycles. The van der Waals surface area contributed by atoms with Gasteiger partial charge in [0, 0.05) is 17.7 Å². The Morgan fingerprint density at radius 3 is 2.81 bits per heavy atom. The zero-order valence-electron chi connectivity index (χ0n) is 9.56. The first kappa shape index (κ1) is 13.5. The van der Waals surface area contributed by atoms with Crippen molar-refractivity contribution < 1.29 is 9.50 Å². The van der Waals surface area contributed by atoms with Gasteiger partial charge in [-0.1, -0.05) is 13.3 Å². The highest BCUT2D eigenvalue weighted by Crippen LogP contribution is 2.29. The average molecular weight is 290 g/mol. The molecule has 1 atom stereocenters. The quantitative estimate of drug-likeness (QED) is 0.810. The van der Waals surface area contributed by atoms with Crippen LogP contribution in [0.15, 0.2) is 16.6 Å². The smallest absolute Gasteiger partial charge is 0.141 e. The molecule has 2 N–H and O–H groups in total. The van der Waals surface area contributed by atoms with Crippen LogP contribution in [0.1, 0.15) is 38.3 Å². The molecule has 0 aliphatic rings. The minimum atomic E-state index is -0.443. The zero-order valence-corrected chi connectivity index (χ0v) is 11.1. The Labute approximate surface area is 104 Å². The van der Waals surface area contributed by atoms with Crippen LogP contribution >= 0.6 is 15.9 Å². The van der Waals surface area contributed by atoms with E-state index in [1.54, 1.807) is 6.07 Å². The summed E-state index contributed by atoms with van der Waals surface area (Å²) in [5.41, 5.74) is 0.712. The third kappa shape index (κ3) is 3.46. The van der Waals surface area contributed by atoms with Crippen molar-refractivity contribution in [3.05, 3.63) is 28.0 Å². The lowest BCUT2D eigenvalue weighted by molar-refractivity contribution is 0.445. The van der Waals surface area contributed by atoms with Crippen molar-refractivity contribution in [1.29, 1.82) is 0 Å². The summed E-state index contributed by atoms with van der Waals surface area (Å²) in [7, 11) is 0. The fourth-order valence-electron chi connectivity index (χ4n) is 1.50. The molecule has 0 aliphatic heterocycles. The number of phenolic OH excluding ortho intramolecular Hbond substituents is 1. The van der Waals surface area contributed by atoms with Crippen LogP contribution < -0.4 is 5.32 Å². The monoisotopic (exact) mass is 289 g/mol. The van der Waals surface area contributed by atoms with Crippen molar-refractivity contribution in [2.24, 2.45) is 0 Å². The van der Waals surface area contributed by atoms with Gasteiger partial charge >= 0.3 is 0 Å². The standard InChI is InChI=1S/C12H17BrFNO/c1-3-4-5-15-8(2)9-6-10(13)11(14)7-12(9)16/h6-8,15-16H,3-5H2,1-2H3. The molecule has 0 saturated carbocycles. The molecule has 0 heterocycles. The Hall–Kier alpha value is -0.610. The van der Waals surface area contributed by atoms with E-state index in [1.165, 1.54) is 0 Å². The molecule has 0 spiro atoms. The maximum absolute atomic E-state index is 13.1. The van der Waals surface area contributed by atoms with Gasteiger partial charge in [0.25, 0.3) is 0 Å². The SMILES string of the molecule is CCCCNC(C)c1cc(Br)c(F)cc1O. The first-order valence-electron chi connectivity index (χ1n) is 5.47. The van der Waals surface area contributed by atoms with Gasteiger partial charge in [0.2, 0.25) is 0 Å². The van der Waals surface area contributed by atoms with E-state index in [0.29, 0.717) is 10.0 Å². The van der Waals surface area contributed by atoms with Crippen molar-refractivity contribution in [2.45, 2.75) is 32.7 Å². The number of unbranched alkanes of at least 4 members (excludes halogenated alkanes) is 1. The van der Waals surface area contributed by atoms with Crippen LogP contribution in [0.5, 0.6) is 5.75 Å². The number of benzene rings is 1. The Balaban J connectivity index is 2.75. The van der Waals surface area contributed by atoms with Crippen LogP contribution in [-0.4, -0.2) is 11.7 Å². The minimum Gasteiger partial charge on any atom is -0.508 e. The van der Waals surface area contributed by atoms with Crippen LogP contribution in [-0.2, 0) is 0 Å². The summed E-state index contributed by atoms with van der Waals surface area (Å²) in [6.45, 7) is 4.97. The normalized spacial score (nSPS) is 12.8. The van der Waals surface area contributed by atoms with Gasteiger partial charge in [-0.2, -0.15) is 0 Å². The number of phenols is 1. The first-order chi connectivity index (χ1) is 7.56. The van der Waals surface area contributed by atoms with Crippen LogP contribution in [0.2, 0.25) is 0 Å². The van der Waals surface area contributed by atoms with Crippen molar-refractivity contribution in [1.82, 2.24) is 5.32 Å². The van der Waals surface area contributed by atoms with Crippen LogP contribution in [0.4, 0.5) is 4.39 Å². The van der Waals surface area contributed by atoms with Crippen molar-refractivity contribution >= 4 is 15.9 Å². The maximum Gasteiger partial charge on any atom is 0.141 e. The summed E-state index contributed by atoms with van der Waals surface area (Å²) in [6, 6.07) is 2.77. The van der Waals surface area contributed by atoms with Gasteiger partial charge in [0.1, 0.15) is 11.6 Å². The molecule has 90 valence electrons. The largest absolute Gasteiger partial charge is 0.508 e. The predicted molar refractivity (Wildman–Crippen MR) is 67.1 cm³/mol. The van der Waals surface area contributed by atoms with E-state index in [0.717, 1.165) is 25.5 Å². The maximum atomic E-state index is 13.1. The molecule has 1 aromatic carbocycles. The topological polar surface area (TPSA) is 32.3 Å². The Morgan fingerprint density at radius 1 is 1.50 bits per heavy atom. The lowest BCUT2D eigenvalue weighted by atomic mass is 10.1. The van der Waals surface area contributed by atoms with Gasteiger partial charge in [-0.25, -0.2) is 4.39 Å². The summed E-state index contributed by atoms with van der Waals surface area (Å²) < 4.78 is 13.5. The highest BCUT2D eigenvalue weighted by atomic mass is 79.9. The molecular weight excluding hydrogens is 273 g/mol. The number of aromatic hydroxyl groups is 1. The minimum absolute atomic E-state index is 0.00259. The summed E-state index contributed by atoms with van der Waals surface area (Å²) in [5.74, 6) is -0.445. The number of halogens is 2. The molecule has 0 fully saturated rings. The highest BCUT2D eigenvalue weighted by molar-refractivity contribution is 9.10. The molecular formula is C12H17BrFNO. The second-order valence-electron chi connectivity index (χ2n) is 3.85. The van der Waals surface area contributed by atoms with E-state index in [9.17, 15) is 9.50 Å². The van der Waals surface area contributed by atoms with Crippen LogP contribution in [0.3, 0.4) is 0 Å². The molecule has 1 unspecified atom stereocenters. The van der Waals surface area contributed by atoms with Crippen molar-refractivity contribution in [3.8, 4) is 5.75 Å². The molecule has 1 aromatic rings. The average Bonchev–Trinajstić information content (AvgIpc) is 2.23. The number of rotatable bonds is 5. The van der Waals surface area contributed by atoms with E-state index in [-0.39, 0.29) is 11.8 Å². The van der Waals surface area contributed by atoms with Crippen molar-refractivity contribution in [3.63, 3.8) is 0 Å². The van der Waals surface area contributed by atoms with Crippen molar-refractivity contribution in [2.75, 3.05) is 6.54 Å². The number of hydrogen-bond acceptors (Lipinski definition) is 2. The third-order valence-electron chi connectivity index (χ3n) is 2.52. The second kappa shape index (κ2) is 6.21. The van der Waals surface area contributed by atoms with Crippen LogP contribution in [0.25, 0.3) is 0 Å². The summed E-state index contributed by atoms with van der Waals surface area (Å²) in [5, 5.41) is 12.9. The molecule has 2 nitrogen and oxygen atoms in total. The van der Waals surface area contributed by atoms with E-state index < -0.39 is 5.82 Å². The number of hydrogen-bond donors (Lipinski definition) is 2. The summed E-state index contributed by atoms with van der Waals surface area (Å²) in [6.07, 6.45) is 2.21. The number of nitrogens with one attached hydrogen (secondary N) is 1. The summed E-state index contributed by atoms with van der Waals surface area (Å²) >= 11 is 3.12. The molecule has 0 radical (unpaired) electrons. The molecule has 4 heteroatoms. The Kier molecular flexibility index (Phi) is 5.22. The van der Waals surface area contributed by atoms with Crippen LogP contribution in [0, 0.1) is 5.82 Å². The van der Waals surface area contributed by atoms with Gasteiger partial charge in [0.05, 0.1) is 4.47 Å². The molecule has 0 amide bonds. The molecule has 0 aromatic heterocycles. The fourth-order valence-corrected chi connectivity index (χ4v) is 1.86. The van der Waals surface area contributed by atoms with Gasteiger partial charge in [0.15, 0.2) is 0 Å². The van der Waals surface area contributed by atoms with E-state index >= 15 is 0 Å². The zero-order chi connectivity index (χ0) is 12.1. The van der Waals surface area contributed by atoms with Gasteiger partial charge in [-0.3, -0.25) is 0 Å². The Bertz CT molecular complexity index is 357. The highest BCUT2D eigenvalue weighted by Gasteiger charge is 2.12. The van der Waals surface area contributed by atoms with Gasteiger partial charge in [-0.15, -0.1) is 0 Å². The third-order valence-corrected chi connectivity index (χ3v) is 3.12. The molecule has 0 aliphatic carbocycles. The summed E-state index contributed by atoms with van der Waals surface area (Å²) in [4.78, 5) is 0. The van der Waals surface area contributed by atoms with Gasteiger partial charge < -0.3 is 10.4 Å². The second-order valence-corrected chi connectivity index (χ2v) is 4.71. The predicted octanol–water partition coefficient (Wildman–Crippen LogP) is 3.74. The van der Waals surface area contributed by atoms with E-state index in [1.807, 2.05) is 6.92 Å². The Morgan fingerprint density at radius 2 is 2.19 bits per heavy atom. The van der Waals surface area contributed by atoms with E-state index in [2.05, 4.69) is 28.2 Å².